The van der Waals surface area contributed by atoms with Crippen LogP contribution in [0, 0.1) is 0 Å². The van der Waals surface area contributed by atoms with Gasteiger partial charge < -0.3 is 39.4 Å². The molecule has 0 spiro atoms. The largest absolute Gasteiger partial charge is 0.457 e. The maximum Gasteiger partial charge on any atom is 0.306 e. The molecule has 0 saturated carbocycles. The number of rotatable bonds is 50. The van der Waals surface area contributed by atoms with Gasteiger partial charge in [0.05, 0.1) is 19.8 Å². The molecule has 6 atom stereocenters. The number of carbonyl (C=O) groups excluding carboxylic acids is 1. The number of unbranched alkanes of at least 4 members (excludes halogenated alkanes) is 35. The van der Waals surface area contributed by atoms with E-state index in [1.807, 2.05) is 0 Å². The minimum absolute atomic E-state index is 0.109. The zero-order chi connectivity index (χ0) is 47.8. The van der Waals surface area contributed by atoms with Crippen molar-refractivity contribution in [2.24, 2.45) is 0 Å². The van der Waals surface area contributed by atoms with Gasteiger partial charge in [-0.25, -0.2) is 0 Å². The first kappa shape index (κ1) is 62.7. The van der Waals surface area contributed by atoms with Gasteiger partial charge in [0, 0.05) is 13.0 Å². The lowest BCUT2D eigenvalue weighted by molar-refractivity contribution is -0.305. The second-order valence-corrected chi connectivity index (χ2v) is 19.7. The van der Waals surface area contributed by atoms with E-state index in [2.05, 4.69) is 38.2 Å². The SMILES string of the molecule is CCCCCCC/C=C\C/C=C\CCCCCCCCCCCCCCOCC(COC1OC(CO)C(O)C(O)C1O)OC(=O)CCCCCCCCCCCCCCCCCCCCC. The van der Waals surface area contributed by atoms with Crippen molar-refractivity contribution in [1.29, 1.82) is 0 Å². The average Bonchev–Trinajstić information content (AvgIpc) is 3.32. The van der Waals surface area contributed by atoms with E-state index in [-0.39, 0.29) is 19.2 Å². The number of allylic oxidation sites excluding steroid dienone is 4. The quantitative estimate of drug-likeness (QED) is 0.0267. The van der Waals surface area contributed by atoms with Gasteiger partial charge in [0.2, 0.25) is 0 Å². The van der Waals surface area contributed by atoms with Crippen LogP contribution in [0.3, 0.4) is 0 Å². The summed E-state index contributed by atoms with van der Waals surface area (Å²) in [6.45, 7) is 4.60. The molecule has 1 heterocycles. The first-order valence-corrected chi connectivity index (χ1v) is 28.4. The molecule has 0 radical (unpaired) electrons. The standard InChI is InChI=1S/C57H108O9/c1-3-5-7-9-11-13-15-17-19-21-23-24-25-26-27-29-31-33-35-37-39-41-43-45-47-63-49-51(50-64-57-56(62)55(61)54(60)52(48-58)66-57)65-53(59)46-44-42-40-38-36-34-32-30-28-22-20-18-16-14-12-10-8-6-4-2/h15,17,21,23,51-52,54-58,60-62H,3-14,16,18-20,22,24-50H2,1-2H3/b17-15-,23-21-. The van der Waals surface area contributed by atoms with Crippen molar-refractivity contribution in [3.8, 4) is 0 Å². The van der Waals surface area contributed by atoms with Gasteiger partial charge in [-0.1, -0.05) is 244 Å². The molecule has 0 amide bonds. The van der Waals surface area contributed by atoms with Gasteiger partial charge in [-0.2, -0.15) is 0 Å². The molecule has 0 aromatic carbocycles. The summed E-state index contributed by atoms with van der Waals surface area (Å²) in [7, 11) is 0. The lowest BCUT2D eigenvalue weighted by Gasteiger charge is -2.39. The van der Waals surface area contributed by atoms with E-state index >= 15 is 0 Å². The predicted molar refractivity (Wildman–Crippen MR) is 275 cm³/mol. The Bertz CT molecular complexity index is 1070. The van der Waals surface area contributed by atoms with Crippen molar-refractivity contribution in [2.75, 3.05) is 26.4 Å². The molecule has 9 heteroatoms. The highest BCUT2D eigenvalue weighted by atomic mass is 16.7. The summed E-state index contributed by atoms with van der Waals surface area (Å²) in [4.78, 5) is 12.9. The molecule has 0 bridgehead atoms. The molecule has 0 aromatic heterocycles. The van der Waals surface area contributed by atoms with Crippen LogP contribution in [-0.2, 0) is 23.7 Å². The number of carbonyl (C=O) groups is 1. The number of esters is 1. The van der Waals surface area contributed by atoms with Gasteiger partial charge in [0.15, 0.2) is 6.29 Å². The molecular weight excluding hydrogens is 829 g/mol. The van der Waals surface area contributed by atoms with Crippen LogP contribution in [0.1, 0.15) is 271 Å². The van der Waals surface area contributed by atoms with E-state index in [1.165, 1.54) is 212 Å². The second kappa shape index (κ2) is 48.7. The minimum atomic E-state index is -1.53. The average molecular weight is 937 g/mol. The van der Waals surface area contributed by atoms with Crippen LogP contribution in [0.4, 0.5) is 0 Å². The molecule has 1 rings (SSSR count). The predicted octanol–water partition coefficient (Wildman–Crippen LogP) is 14.5. The third-order valence-corrected chi connectivity index (χ3v) is 13.4. The number of aliphatic hydroxyl groups is 4. The fraction of sp³-hybridized carbons (Fsp3) is 0.912. The molecule has 1 saturated heterocycles. The molecule has 9 nitrogen and oxygen atoms in total. The zero-order valence-corrected chi connectivity index (χ0v) is 43.2. The Morgan fingerprint density at radius 2 is 0.879 bits per heavy atom. The number of aliphatic hydroxyl groups excluding tert-OH is 4. The number of hydrogen-bond donors (Lipinski definition) is 4. The number of hydrogen-bond acceptors (Lipinski definition) is 9. The van der Waals surface area contributed by atoms with E-state index in [9.17, 15) is 25.2 Å². The molecule has 1 fully saturated rings. The third kappa shape index (κ3) is 38.5. The molecule has 66 heavy (non-hydrogen) atoms. The fourth-order valence-corrected chi connectivity index (χ4v) is 8.94. The first-order valence-electron chi connectivity index (χ1n) is 28.4. The smallest absolute Gasteiger partial charge is 0.306 e. The molecule has 1 aliphatic rings. The van der Waals surface area contributed by atoms with Gasteiger partial charge in [-0.05, 0) is 44.9 Å². The van der Waals surface area contributed by atoms with Crippen molar-refractivity contribution in [1.82, 2.24) is 0 Å². The van der Waals surface area contributed by atoms with E-state index in [1.54, 1.807) is 0 Å². The highest BCUT2D eigenvalue weighted by Gasteiger charge is 2.44. The second-order valence-electron chi connectivity index (χ2n) is 19.7. The lowest BCUT2D eigenvalue weighted by Crippen LogP contribution is -2.59. The Morgan fingerprint density at radius 1 is 0.485 bits per heavy atom. The highest BCUT2D eigenvalue weighted by molar-refractivity contribution is 5.69. The van der Waals surface area contributed by atoms with E-state index in [0.29, 0.717) is 13.0 Å². The van der Waals surface area contributed by atoms with Gasteiger partial charge in [0.1, 0.15) is 30.5 Å². The normalized spacial score (nSPS) is 19.4. The highest BCUT2D eigenvalue weighted by Crippen LogP contribution is 2.23. The van der Waals surface area contributed by atoms with Crippen LogP contribution in [0.15, 0.2) is 24.3 Å². The lowest BCUT2D eigenvalue weighted by atomic mass is 9.99. The van der Waals surface area contributed by atoms with Gasteiger partial charge in [-0.15, -0.1) is 0 Å². The Labute approximate surface area is 407 Å². The Kier molecular flexibility index (Phi) is 46.2. The van der Waals surface area contributed by atoms with Crippen LogP contribution in [0.5, 0.6) is 0 Å². The Balaban J connectivity index is 2.15. The monoisotopic (exact) mass is 937 g/mol. The Morgan fingerprint density at radius 3 is 1.30 bits per heavy atom. The topological polar surface area (TPSA) is 135 Å². The molecule has 0 aromatic rings. The van der Waals surface area contributed by atoms with Crippen LogP contribution in [0.25, 0.3) is 0 Å². The van der Waals surface area contributed by atoms with Gasteiger partial charge in [-0.3, -0.25) is 4.79 Å². The first-order chi connectivity index (χ1) is 32.4. The zero-order valence-electron chi connectivity index (χ0n) is 43.2. The van der Waals surface area contributed by atoms with E-state index in [0.717, 1.165) is 38.5 Å². The summed E-state index contributed by atoms with van der Waals surface area (Å²) >= 11 is 0. The molecule has 6 unspecified atom stereocenters. The van der Waals surface area contributed by atoms with Gasteiger partial charge >= 0.3 is 5.97 Å². The summed E-state index contributed by atoms with van der Waals surface area (Å²) in [6.07, 6.45) is 52.2. The van der Waals surface area contributed by atoms with Crippen molar-refractivity contribution < 1.29 is 44.2 Å². The Hall–Kier alpha value is -1.33. The maximum atomic E-state index is 12.9. The van der Waals surface area contributed by atoms with Crippen molar-refractivity contribution in [3.05, 3.63) is 24.3 Å². The maximum absolute atomic E-state index is 12.9. The fourth-order valence-electron chi connectivity index (χ4n) is 8.94. The van der Waals surface area contributed by atoms with Crippen LogP contribution < -0.4 is 0 Å². The van der Waals surface area contributed by atoms with Crippen molar-refractivity contribution in [3.63, 3.8) is 0 Å². The van der Waals surface area contributed by atoms with Crippen LogP contribution >= 0.6 is 0 Å². The third-order valence-electron chi connectivity index (χ3n) is 13.4. The summed E-state index contributed by atoms with van der Waals surface area (Å²) < 4.78 is 23.0. The summed E-state index contributed by atoms with van der Waals surface area (Å²) in [6, 6.07) is 0. The summed E-state index contributed by atoms with van der Waals surface area (Å²) in [5.74, 6) is -0.307. The van der Waals surface area contributed by atoms with Crippen LogP contribution in [0.2, 0.25) is 0 Å². The summed E-state index contributed by atoms with van der Waals surface area (Å²) in [5, 5.41) is 40.3. The van der Waals surface area contributed by atoms with E-state index < -0.39 is 43.4 Å². The number of ether oxygens (including phenoxy) is 4. The van der Waals surface area contributed by atoms with Gasteiger partial charge in [0.25, 0.3) is 0 Å². The molecule has 390 valence electrons. The van der Waals surface area contributed by atoms with Crippen LogP contribution in [-0.4, -0.2) is 89.6 Å². The van der Waals surface area contributed by atoms with Crippen molar-refractivity contribution in [2.45, 2.75) is 307 Å². The molecule has 0 aliphatic carbocycles. The molecular formula is C57H108O9. The summed E-state index contributed by atoms with van der Waals surface area (Å²) in [5.41, 5.74) is 0. The van der Waals surface area contributed by atoms with E-state index in [4.69, 9.17) is 18.9 Å². The van der Waals surface area contributed by atoms with Crippen molar-refractivity contribution >= 4 is 5.97 Å². The molecule has 4 N–H and O–H groups in total. The molecule has 1 aliphatic heterocycles. The minimum Gasteiger partial charge on any atom is -0.457 e.